The monoisotopic (exact) mass is 143 g/mol. The van der Waals surface area contributed by atoms with Gasteiger partial charge in [-0.2, -0.15) is 0 Å². The third-order valence-corrected chi connectivity index (χ3v) is 1.60. The van der Waals surface area contributed by atoms with Gasteiger partial charge in [-0.3, -0.25) is 0 Å². The van der Waals surface area contributed by atoms with Crippen molar-refractivity contribution in [3.05, 3.63) is 0 Å². The van der Waals surface area contributed by atoms with Gasteiger partial charge in [0.2, 0.25) is 0 Å². The summed E-state index contributed by atoms with van der Waals surface area (Å²) < 4.78 is 0. The van der Waals surface area contributed by atoms with Crippen LogP contribution in [0.2, 0.25) is 0 Å². The number of hydrogen-bond acceptors (Lipinski definition) is 1. The lowest BCUT2D eigenvalue weighted by Crippen LogP contribution is -2.31. The molecular formula is C9H21N. The largest absolute Gasteiger partial charge is 0.326 e. The lowest BCUT2D eigenvalue weighted by Gasteiger charge is -2.18. The quantitative estimate of drug-likeness (QED) is 0.643. The van der Waals surface area contributed by atoms with Crippen LogP contribution in [0.4, 0.5) is 0 Å². The molecule has 0 bridgehead atoms. The van der Waals surface area contributed by atoms with Crippen LogP contribution in [0.1, 0.15) is 47.0 Å². The molecule has 0 aliphatic rings. The van der Waals surface area contributed by atoms with E-state index in [9.17, 15) is 0 Å². The van der Waals surface area contributed by atoms with Crippen molar-refractivity contribution in [2.24, 2.45) is 11.7 Å². The summed E-state index contributed by atoms with van der Waals surface area (Å²) in [7, 11) is 0. The minimum Gasteiger partial charge on any atom is -0.326 e. The molecule has 1 nitrogen and oxygen atoms in total. The van der Waals surface area contributed by atoms with E-state index in [1.165, 1.54) is 12.8 Å². The highest BCUT2D eigenvalue weighted by molar-refractivity contribution is 4.71. The fraction of sp³-hybridized carbons (Fsp3) is 1.00. The van der Waals surface area contributed by atoms with Gasteiger partial charge in [-0.05, 0) is 26.2 Å². The van der Waals surface area contributed by atoms with E-state index in [1.807, 2.05) is 0 Å². The van der Waals surface area contributed by atoms with Crippen LogP contribution < -0.4 is 5.73 Å². The molecule has 0 saturated carbocycles. The second kappa shape index (κ2) is 3.97. The van der Waals surface area contributed by atoms with Crippen molar-refractivity contribution in [3.63, 3.8) is 0 Å². The van der Waals surface area contributed by atoms with Gasteiger partial charge < -0.3 is 5.73 Å². The van der Waals surface area contributed by atoms with Crippen LogP contribution >= 0.6 is 0 Å². The Morgan fingerprint density at radius 3 is 2.10 bits per heavy atom. The molecule has 0 aliphatic heterocycles. The predicted molar refractivity (Wildman–Crippen MR) is 47.0 cm³/mol. The van der Waals surface area contributed by atoms with Gasteiger partial charge in [0, 0.05) is 5.54 Å². The summed E-state index contributed by atoms with van der Waals surface area (Å²) in [5, 5.41) is 0. The van der Waals surface area contributed by atoms with E-state index in [1.54, 1.807) is 0 Å². The van der Waals surface area contributed by atoms with E-state index >= 15 is 0 Å². The summed E-state index contributed by atoms with van der Waals surface area (Å²) in [5.41, 5.74) is 5.86. The summed E-state index contributed by atoms with van der Waals surface area (Å²) in [6.45, 7) is 8.69. The van der Waals surface area contributed by atoms with Gasteiger partial charge in [0.1, 0.15) is 0 Å². The van der Waals surface area contributed by atoms with Gasteiger partial charge in [-0.1, -0.05) is 26.7 Å². The van der Waals surface area contributed by atoms with Crippen molar-refractivity contribution in [1.82, 2.24) is 0 Å². The van der Waals surface area contributed by atoms with Crippen molar-refractivity contribution >= 4 is 0 Å². The minimum absolute atomic E-state index is 0.0366. The first kappa shape index (κ1) is 9.96. The molecule has 0 aromatic heterocycles. The third kappa shape index (κ3) is 7.96. The molecule has 10 heavy (non-hydrogen) atoms. The lowest BCUT2D eigenvalue weighted by atomic mass is 9.96. The lowest BCUT2D eigenvalue weighted by molar-refractivity contribution is 0.424. The number of hydrogen-bond donors (Lipinski definition) is 1. The van der Waals surface area contributed by atoms with Crippen LogP contribution in [0.5, 0.6) is 0 Å². The smallest absolute Gasteiger partial charge is 0.00970 e. The van der Waals surface area contributed by atoms with Crippen molar-refractivity contribution in [3.8, 4) is 0 Å². The molecule has 0 rings (SSSR count). The first-order valence-corrected chi connectivity index (χ1v) is 4.21. The van der Waals surface area contributed by atoms with Crippen LogP contribution in [0.3, 0.4) is 0 Å². The Kier molecular flexibility index (Phi) is 3.95. The van der Waals surface area contributed by atoms with E-state index in [4.69, 9.17) is 5.73 Å². The van der Waals surface area contributed by atoms with Crippen LogP contribution in [0.15, 0.2) is 0 Å². The van der Waals surface area contributed by atoms with E-state index in [0.29, 0.717) is 0 Å². The van der Waals surface area contributed by atoms with Gasteiger partial charge >= 0.3 is 0 Å². The first-order chi connectivity index (χ1) is 4.42. The van der Waals surface area contributed by atoms with Gasteiger partial charge in [-0.15, -0.1) is 0 Å². The van der Waals surface area contributed by atoms with E-state index in [0.717, 1.165) is 12.3 Å². The Balaban J connectivity index is 3.21. The molecule has 2 N–H and O–H groups in total. The molecule has 0 atom stereocenters. The average molecular weight is 143 g/mol. The van der Waals surface area contributed by atoms with Gasteiger partial charge in [0.05, 0.1) is 0 Å². The van der Waals surface area contributed by atoms with Crippen molar-refractivity contribution in [2.75, 3.05) is 0 Å². The maximum Gasteiger partial charge on any atom is 0.00970 e. The molecule has 0 radical (unpaired) electrons. The Labute approximate surface area is 65.0 Å². The van der Waals surface area contributed by atoms with Crippen LogP contribution in [-0.2, 0) is 0 Å². The number of nitrogens with two attached hydrogens (primary N) is 1. The summed E-state index contributed by atoms with van der Waals surface area (Å²) in [6.07, 6.45) is 3.72. The van der Waals surface area contributed by atoms with Crippen LogP contribution in [0.25, 0.3) is 0 Å². The van der Waals surface area contributed by atoms with Crippen molar-refractivity contribution in [1.29, 1.82) is 0 Å². The maximum absolute atomic E-state index is 5.82. The van der Waals surface area contributed by atoms with E-state index in [-0.39, 0.29) is 5.54 Å². The Morgan fingerprint density at radius 1 is 1.30 bits per heavy atom. The zero-order valence-corrected chi connectivity index (χ0v) is 7.78. The van der Waals surface area contributed by atoms with Crippen molar-refractivity contribution in [2.45, 2.75) is 52.5 Å². The van der Waals surface area contributed by atoms with Gasteiger partial charge in [0.15, 0.2) is 0 Å². The minimum atomic E-state index is 0.0366. The molecule has 0 aromatic carbocycles. The first-order valence-electron chi connectivity index (χ1n) is 4.21. The molecule has 0 aliphatic carbocycles. The molecule has 0 aromatic rings. The van der Waals surface area contributed by atoms with E-state index < -0.39 is 0 Å². The maximum atomic E-state index is 5.82. The second-order valence-corrected chi connectivity index (χ2v) is 4.27. The summed E-state index contributed by atoms with van der Waals surface area (Å²) in [5.74, 6) is 0.822. The predicted octanol–water partition coefficient (Wildman–Crippen LogP) is 2.55. The zero-order chi connectivity index (χ0) is 8.20. The summed E-state index contributed by atoms with van der Waals surface area (Å²) in [4.78, 5) is 0. The molecule has 0 saturated heterocycles. The fourth-order valence-corrected chi connectivity index (χ4v) is 0.966. The Morgan fingerprint density at radius 2 is 1.80 bits per heavy atom. The Bertz CT molecular complexity index is 79.2. The highest BCUT2D eigenvalue weighted by Gasteiger charge is 2.09. The standard InChI is InChI=1S/C9H21N/c1-8(2)6-5-7-9(3,4)10/h8H,5-7,10H2,1-4H3. The van der Waals surface area contributed by atoms with Gasteiger partial charge in [-0.25, -0.2) is 0 Å². The van der Waals surface area contributed by atoms with Crippen LogP contribution in [0, 0.1) is 5.92 Å². The summed E-state index contributed by atoms with van der Waals surface area (Å²) >= 11 is 0. The fourth-order valence-electron chi connectivity index (χ4n) is 0.966. The van der Waals surface area contributed by atoms with Crippen molar-refractivity contribution < 1.29 is 0 Å². The van der Waals surface area contributed by atoms with Crippen LogP contribution in [-0.4, -0.2) is 5.54 Å². The van der Waals surface area contributed by atoms with E-state index in [2.05, 4.69) is 27.7 Å². The zero-order valence-electron chi connectivity index (χ0n) is 7.78. The summed E-state index contributed by atoms with van der Waals surface area (Å²) in [6, 6.07) is 0. The second-order valence-electron chi connectivity index (χ2n) is 4.27. The molecule has 0 heterocycles. The molecule has 0 fully saturated rings. The molecule has 0 amide bonds. The SMILES string of the molecule is CC(C)CCCC(C)(C)N. The molecule has 0 unspecified atom stereocenters. The van der Waals surface area contributed by atoms with Gasteiger partial charge in [0.25, 0.3) is 0 Å². The Hall–Kier alpha value is -0.0400. The molecule has 0 spiro atoms. The topological polar surface area (TPSA) is 26.0 Å². The highest BCUT2D eigenvalue weighted by Crippen LogP contribution is 2.12. The number of rotatable bonds is 4. The highest BCUT2D eigenvalue weighted by atomic mass is 14.7. The average Bonchev–Trinajstić information content (AvgIpc) is 1.59. The molecule has 62 valence electrons. The molecule has 1 heteroatoms. The third-order valence-electron chi connectivity index (χ3n) is 1.60. The normalized spacial score (nSPS) is 12.6. The molecular weight excluding hydrogens is 122 g/mol.